The van der Waals surface area contributed by atoms with Crippen LogP contribution in [-0.2, 0) is 4.79 Å². The van der Waals surface area contributed by atoms with Crippen LogP contribution in [0.5, 0.6) is 0 Å². The van der Waals surface area contributed by atoms with E-state index in [9.17, 15) is 9.18 Å². The smallest absolute Gasteiger partial charge is 0.223 e. The van der Waals surface area contributed by atoms with Gasteiger partial charge in [0.2, 0.25) is 5.91 Å². The summed E-state index contributed by atoms with van der Waals surface area (Å²) < 4.78 is 13.5. The number of nitrogens with one attached hydrogen (secondary N) is 1. The van der Waals surface area contributed by atoms with Crippen molar-refractivity contribution in [3.05, 3.63) is 30.1 Å². The highest BCUT2D eigenvalue weighted by atomic mass is 35.5. The molecule has 2 heterocycles. The van der Waals surface area contributed by atoms with Crippen LogP contribution >= 0.6 is 24.2 Å². The van der Waals surface area contributed by atoms with Gasteiger partial charge in [-0.05, 0) is 43.4 Å². The Morgan fingerprint density at radius 3 is 2.65 bits per heavy atom. The van der Waals surface area contributed by atoms with Crippen molar-refractivity contribution in [3.8, 4) is 0 Å². The number of halogens is 2. The summed E-state index contributed by atoms with van der Waals surface area (Å²) in [4.78, 5) is 14.9. The van der Waals surface area contributed by atoms with Gasteiger partial charge in [-0.1, -0.05) is 12.1 Å². The average molecular weight is 359 g/mol. The number of likely N-dealkylation sites (tertiary alicyclic amines) is 1. The number of amides is 1. The van der Waals surface area contributed by atoms with Crippen LogP contribution in [0.2, 0.25) is 0 Å². The molecule has 1 aromatic rings. The number of carbonyl (C=O) groups excluding carboxylic acids is 1. The maximum absolute atomic E-state index is 13.5. The highest BCUT2D eigenvalue weighted by Crippen LogP contribution is 2.37. The van der Waals surface area contributed by atoms with Crippen LogP contribution in [-0.4, -0.2) is 42.7 Å². The lowest BCUT2D eigenvalue weighted by Crippen LogP contribution is -2.44. The first-order valence-electron chi connectivity index (χ1n) is 8.04. The van der Waals surface area contributed by atoms with Crippen LogP contribution in [0.3, 0.4) is 0 Å². The number of hydrogen-bond donors (Lipinski definition) is 1. The number of hydrogen-bond acceptors (Lipinski definition) is 3. The third-order valence-corrected chi connectivity index (χ3v) is 5.97. The second-order valence-electron chi connectivity index (χ2n) is 6.34. The maximum Gasteiger partial charge on any atom is 0.223 e. The Kier molecular flexibility index (Phi) is 6.74. The van der Waals surface area contributed by atoms with Crippen LogP contribution in [0.1, 0.15) is 25.7 Å². The molecular weight excluding hydrogens is 335 g/mol. The van der Waals surface area contributed by atoms with E-state index in [2.05, 4.69) is 5.32 Å². The summed E-state index contributed by atoms with van der Waals surface area (Å²) in [6.07, 6.45) is 3.97. The van der Waals surface area contributed by atoms with Gasteiger partial charge in [-0.25, -0.2) is 4.39 Å². The molecule has 0 aliphatic carbocycles. The Bertz CT molecular complexity index is 527. The Morgan fingerprint density at radius 1 is 1.26 bits per heavy atom. The number of nitrogens with zero attached hydrogens (tertiary/aromatic N) is 1. The highest BCUT2D eigenvalue weighted by Gasteiger charge is 2.37. The molecule has 0 saturated carbocycles. The fourth-order valence-electron chi connectivity index (χ4n) is 3.42. The van der Waals surface area contributed by atoms with E-state index in [1.54, 1.807) is 12.1 Å². The van der Waals surface area contributed by atoms with Crippen LogP contribution in [0.15, 0.2) is 29.2 Å². The number of benzene rings is 1. The molecule has 0 bridgehead atoms. The van der Waals surface area contributed by atoms with Crippen molar-refractivity contribution < 1.29 is 9.18 Å². The standard InChI is InChI=1S/C17H23FN2OS.ClH/c18-14-3-1-2-4-15(14)22-12-5-16(21)20-10-7-17(8-11-20)6-9-19-13-17;/h1-4,19H,5-13H2;1H. The summed E-state index contributed by atoms with van der Waals surface area (Å²) in [5.41, 5.74) is 0.443. The first-order chi connectivity index (χ1) is 10.7. The van der Waals surface area contributed by atoms with Crippen molar-refractivity contribution in [3.63, 3.8) is 0 Å². The molecule has 0 aromatic heterocycles. The lowest BCUT2D eigenvalue weighted by atomic mass is 9.78. The van der Waals surface area contributed by atoms with Gasteiger partial charge in [0, 0.05) is 36.7 Å². The number of carbonyl (C=O) groups is 1. The van der Waals surface area contributed by atoms with Gasteiger partial charge in [-0.3, -0.25) is 4.79 Å². The second-order valence-corrected chi connectivity index (χ2v) is 7.47. The molecule has 1 aromatic carbocycles. The molecule has 3 nitrogen and oxygen atoms in total. The fourth-order valence-corrected chi connectivity index (χ4v) is 4.30. The van der Waals surface area contributed by atoms with Gasteiger partial charge in [-0.2, -0.15) is 0 Å². The van der Waals surface area contributed by atoms with E-state index in [0.29, 0.717) is 22.5 Å². The molecule has 1 spiro atoms. The van der Waals surface area contributed by atoms with E-state index in [0.717, 1.165) is 39.0 Å². The Labute approximate surface area is 147 Å². The summed E-state index contributed by atoms with van der Waals surface area (Å²) >= 11 is 1.43. The summed E-state index contributed by atoms with van der Waals surface area (Å²) in [6, 6.07) is 6.74. The van der Waals surface area contributed by atoms with E-state index in [4.69, 9.17) is 0 Å². The summed E-state index contributed by atoms with van der Waals surface area (Å²) in [5, 5.41) is 3.44. The zero-order chi connectivity index (χ0) is 15.4. The van der Waals surface area contributed by atoms with Crippen molar-refractivity contribution >= 4 is 30.1 Å². The third kappa shape index (κ3) is 4.61. The quantitative estimate of drug-likeness (QED) is 0.838. The minimum Gasteiger partial charge on any atom is -0.343 e. The van der Waals surface area contributed by atoms with E-state index < -0.39 is 0 Å². The molecule has 23 heavy (non-hydrogen) atoms. The van der Waals surface area contributed by atoms with Gasteiger partial charge < -0.3 is 10.2 Å². The third-order valence-electron chi connectivity index (χ3n) is 4.92. The molecule has 2 aliphatic rings. The number of thioether (sulfide) groups is 1. The minimum atomic E-state index is -0.200. The van der Waals surface area contributed by atoms with Crippen LogP contribution in [0, 0.1) is 11.2 Å². The minimum absolute atomic E-state index is 0. The van der Waals surface area contributed by atoms with Crippen molar-refractivity contribution in [2.24, 2.45) is 5.41 Å². The molecule has 3 rings (SSSR count). The van der Waals surface area contributed by atoms with Gasteiger partial charge in [0.1, 0.15) is 5.82 Å². The predicted molar refractivity (Wildman–Crippen MR) is 94.7 cm³/mol. The molecule has 2 aliphatic heterocycles. The molecular formula is C17H24ClFN2OS. The largest absolute Gasteiger partial charge is 0.343 e. The summed E-state index contributed by atoms with van der Waals surface area (Å²) in [5.74, 6) is 0.654. The van der Waals surface area contributed by atoms with Crippen LogP contribution < -0.4 is 5.32 Å². The van der Waals surface area contributed by atoms with Gasteiger partial charge in [0.25, 0.3) is 0 Å². The van der Waals surface area contributed by atoms with Gasteiger partial charge in [0.15, 0.2) is 0 Å². The van der Waals surface area contributed by atoms with E-state index in [1.807, 2.05) is 11.0 Å². The molecule has 2 fully saturated rings. The van der Waals surface area contributed by atoms with E-state index in [-0.39, 0.29) is 24.1 Å². The normalized spacial score (nSPS) is 19.6. The molecule has 1 N–H and O–H groups in total. The molecule has 1 amide bonds. The SMILES string of the molecule is Cl.O=C(CCSc1ccccc1F)N1CCC2(CCNC2)CC1. The van der Waals surface area contributed by atoms with Crippen LogP contribution in [0.4, 0.5) is 4.39 Å². The molecule has 2 saturated heterocycles. The molecule has 128 valence electrons. The summed E-state index contributed by atoms with van der Waals surface area (Å²) in [6.45, 7) is 3.99. The predicted octanol–water partition coefficient (Wildman–Crippen LogP) is 3.33. The first-order valence-corrected chi connectivity index (χ1v) is 9.03. The lowest BCUT2D eigenvalue weighted by Gasteiger charge is -2.39. The molecule has 6 heteroatoms. The maximum atomic E-state index is 13.5. The molecule has 0 radical (unpaired) electrons. The van der Waals surface area contributed by atoms with Crippen LogP contribution in [0.25, 0.3) is 0 Å². The topological polar surface area (TPSA) is 32.3 Å². The summed E-state index contributed by atoms with van der Waals surface area (Å²) in [7, 11) is 0. The van der Waals surface area contributed by atoms with Gasteiger partial charge in [0.05, 0.1) is 0 Å². The van der Waals surface area contributed by atoms with Crippen molar-refractivity contribution in [1.82, 2.24) is 10.2 Å². The average Bonchev–Trinajstić information content (AvgIpc) is 2.98. The van der Waals surface area contributed by atoms with Crippen molar-refractivity contribution in [2.75, 3.05) is 31.9 Å². The zero-order valence-electron chi connectivity index (χ0n) is 13.2. The number of rotatable bonds is 4. The number of piperidine rings is 1. The first kappa shape index (κ1) is 18.6. The zero-order valence-corrected chi connectivity index (χ0v) is 14.9. The van der Waals surface area contributed by atoms with Gasteiger partial charge >= 0.3 is 0 Å². The van der Waals surface area contributed by atoms with Crippen molar-refractivity contribution in [1.29, 1.82) is 0 Å². The van der Waals surface area contributed by atoms with E-state index in [1.165, 1.54) is 24.2 Å². The van der Waals surface area contributed by atoms with Crippen molar-refractivity contribution in [2.45, 2.75) is 30.6 Å². The lowest BCUT2D eigenvalue weighted by molar-refractivity contribution is -0.132. The Hall–Kier alpha value is -0.780. The Balaban J connectivity index is 0.00000192. The van der Waals surface area contributed by atoms with Gasteiger partial charge in [-0.15, -0.1) is 24.2 Å². The molecule has 0 unspecified atom stereocenters. The van der Waals surface area contributed by atoms with E-state index >= 15 is 0 Å². The fraction of sp³-hybridized carbons (Fsp3) is 0.588. The monoisotopic (exact) mass is 358 g/mol. The Morgan fingerprint density at radius 2 is 2.00 bits per heavy atom. The molecule has 0 atom stereocenters. The highest BCUT2D eigenvalue weighted by molar-refractivity contribution is 7.99. The second kappa shape index (κ2) is 8.36.